The summed E-state index contributed by atoms with van der Waals surface area (Å²) in [5.41, 5.74) is 1.19. The van der Waals surface area contributed by atoms with Crippen LogP contribution in [0.25, 0.3) is 0 Å². The molecule has 10 heteroatoms. The number of carbonyl (C=O) groups excluding carboxylic acids is 2. The standard InChI is InChI=1S/C26H34BrN3O5S/c1-4-24(26(32)28-21-7-5-6-8-21)29(17-19-9-15-23(35-2)16-10-19)25(31)18-30(36(3,33)34)22-13-11-20(27)12-14-22/h9-16,21,24H,4-8,17-18H2,1-3H3,(H,28,32). The fraction of sp³-hybridized carbons (Fsp3) is 0.462. The zero-order valence-electron chi connectivity index (χ0n) is 20.9. The molecule has 0 aromatic heterocycles. The van der Waals surface area contributed by atoms with Gasteiger partial charge in [-0.25, -0.2) is 8.42 Å². The summed E-state index contributed by atoms with van der Waals surface area (Å²) < 4.78 is 32.4. The quantitative estimate of drug-likeness (QED) is 0.432. The van der Waals surface area contributed by atoms with Gasteiger partial charge in [0.05, 0.1) is 19.1 Å². The third-order valence-electron chi connectivity index (χ3n) is 6.39. The number of amides is 2. The van der Waals surface area contributed by atoms with Gasteiger partial charge >= 0.3 is 0 Å². The van der Waals surface area contributed by atoms with Crippen LogP contribution in [0.1, 0.15) is 44.6 Å². The molecule has 2 aromatic rings. The minimum atomic E-state index is -3.76. The molecule has 1 N–H and O–H groups in total. The van der Waals surface area contributed by atoms with Crippen molar-refractivity contribution in [3.05, 3.63) is 58.6 Å². The number of sulfonamides is 1. The Bertz CT molecular complexity index is 1130. The van der Waals surface area contributed by atoms with Crippen LogP contribution in [0.4, 0.5) is 5.69 Å². The molecule has 2 aromatic carbocycles. The van der Waals surface area contributed by atoms with Gasteiger partial charge in [0.1, 0.15) is 18.3 Å². The van der Waals surface area contributed by atoms with Crippen molar-refractivity contribution in [1.82, 2.24) is 10.2 Å². The van der Waals surface area contributed by atoms with E-state index in [0.29, 0.717) is 17.9 Å². The summed E-state index contributed by atoms with van der Waals surface area (Å²) in [5, 5.41) is 3.10. The van der Waals surface area contributed by atoms with E-state index in [1.165, 1.54) is 4.90 Å². The average Bonchev–Trinajstić information content (AvgIpc) is 3.35. The molecule has 1 unspecified atom stereocenters. The van der Waals surface area contributed by atoms with Gasteiger partial charge in [0.15, 0.2) is 0 Å². The van der Waals surface area contributed by atoms with E-state index in [9.17, 15) is 18.0 Å². The lowest BCUT2D eigenvalue weighted by molar-refractivity contribution is -0.140. The normalized spacial score (nSPS) is 14.8. The number of ether oxygens (including phenoxy) is 1. The van der Waals surface area contributed by atoms with Crippen LogP contribution in [0.15, 0.2) is 53.0 Å². The summed E-state index contributed by atoms with van der Waals surface area (Å²) in [6.07, 6.45) is 5.48. The molecule has 8 nitrogen and oxygen atoms in total. The van der Waals surface area contributed by atoms with E-state index in [1.807, 2.05) is 19.1 Å². The number of benzene rings is 2. The summed E-state index contributed by atoms with van der Waals surface area (Å²) >= 11 is 3.35. The number of nitrogens with zero attached hydrogens (tertiary/aromatic N) is 2. The smallest absolute Gasteiger partial charge is 0.244 e. The van der Waals surface area contributed by atoms with E-state index in [4.69, 9.17) is 4.74 Å². The molecule has 196 valence electrons. The van der Waals surface area contributed by atoms with Gasteiger partial charge in [0.2, 0.25) is 21.8 Å². The van der Waals surface area contributed by atoms with E-state index in [2.05, 4.69) is 21.2 Å². The van der Waals surface area contributed by atoms with Crippen molar-refractivity contribution in [3.63, 3.8) is 0 Å². The Hall–Kier alpha value is -2.59. The highest BCUT2D eigenvalue weighted by Gasteiger charge is 2.33. The van der Waals surface area contributed by atoms with E-state index in [1.54, 1.807) is 43.5 Å². The molecular weight excluding hydrogens is 546 g/mol. The molecule has 0 radical (unpaired) electrons. The van der Waals surface area contributed by atoms with Crippen molar-refractivity contribution in [2.24, 2.45) is 0 Å². The van der Waals surface area contributed by atoms with Crippen LogP contribution in [0, 0.1) is 0 Å². The Kier molecular flexibility index (Phi) is 9.78. The second-order valence-corrected chi connectivity index (χ2v) is 11.9. The van der Waals surface area contributed by atoms with Gasteiger partial charge < -0.3 is 15.0 Å². The van der Waals surface area contributed by atoms with Crippen LogP contribution in [-0.2, 0) is 26.2 Å². The Morgan fingerprint density at radius 3 is 2.22 bits per heavy atom. The van der Waals surface area contributed by atoms with Gasteiger partial charge in [-0.05, 0) is 61.2 Å². The topological polar surface area (TPSA) is 96.0 Å². The predicted octanol–water partition coefficient (Wildman–Crippen LogP) is 4.09. The average molecular weight is 581 g/mol. The first-order valence-electron chi connectivity index (χ1n) is 12.1. The van der Waals surface area contributed by atoms with Gasteiger partial charge in [-0.2, -0.15) is 0 Å². The number of halogens is 1. The van der Waals surface area contributed by atoms with Crippen molar-refractivity contribution < 1.29 is 22.7 Å². The highest BCUT2D eigenvalue weighted by molar-refractivity contribution is 9.10. The minimum absolute atomic E-state index is 0.111. The maximum Gasteiger partial charge on any atom is 0.244 e. The van der Waals surface area contributed by atoms with Crippen LogP contribution in [0.5, 0.6) is 5.75 Å². The summed E-state index contributed by atoms with van der Waals surface area (Å²) in [6.45, 7) is 1.61. The molecule has 0 heterocycles. The maximum absolute atomic E-state index is 13.7. The second kappa shape index (κ2) is 12.6. The Balaban J connectivity index is 1.90. The van der Waals surface area contributed by atoms with E-state index in [-0.39, 0.29) is 18.5 Å². The zero-order chi connectivity index (χ0) is 26.3. The van der Waals surface area contributed by atoms with Gasteiger partial charge in [0.25, 0.3) is 0 Å². The highest BCUT2D eigenvalue weighted by atomic mass is 79.9. The van der Waals surface area contributed by atoms with Gasteiger partial charge in [-0.15, -0.1) is 0 Å². The van der Waals surface area contributed by atoms with E-state index in [0.717, 1.165) is 46.3 Å². The molecule has 36 heavy (non-hydrogen) atoms. The number of hydrogen-bond donors (Lipinski definition) is 1. The number of nitrogens with one attached hydrogen (secondary N) is 1. The van der Waals surface area contributed by atoms with Crippen LogP contribution in [0.2, 0.25) is 0 Å². The minimum Gasteiger partial charge on any atom is -0.497 e. The van der Waals surface area contributed by atoms with Gasteiger partial charge in [-0.3, -0.25) is 13.9 Å². The van der Waals surface area contributed by atoms with E-state index < -0.39 is 28.5 Å². The van der Waals surface area contributed by atoms with E-state index >= 15 is 0 Å². The third kappa shape index (κ3) is 7.46. The monoisotopic (exact) mass is 579 g/mol. The molecule has 0 aliphatic heterocycles. The Labute approximate surface area is 222 Å². The largest absolute Gasteiger partial charge is 0.497 e. The predicted molar refractivity (Wildman–Crippen MR) is 144 cm³/mol. The highest BCUT2D eigenvalue weighted by Crippen LogP contribution is 2.23. The number of anilines is 1. The molecule has 1 aliphatic carbocycles. The van der Waals surface area contributed by atoms with Crippen molar-refractivity contribution in [2.75, 3.05) is 24.2 Å². The molecule has 0 spiro atoms. The first kappa shape index (κ1) is 28.0. The van der Waals surface area contributed by atoms with Gasteiger partial charge in [0, 0.05) is 17.1 Å². The Morgan fingerprint density at radius 1 is 1.08 bits per heavy atom. The Morgan fingerprint density at radius 2 is 1.69 bits per heavy atom. The first-order chi connectivity index (χ1) is 17.1. The molecule has 0 saturated heterocycles. The number of rotatable bonds is 11. The lowest BCUT2D eigenvalue weighted by Crippen LogP contribution is -2.53. The maximum atomic E-state index is 13.7. The van der Waals surface area contributed by atoms with Gasteiger partial charge in [-0.1, -0.05) is 47.8 Å². The summed E-state index contributed by atoms with van der Waals surface area (Å²) in [4.78, 5) is 28.5. The molecule has 0 bridgehead atoms. The molecule has 1 atom stereocenters. The number of methoxy groups -OCH3 is 1. The van der Waals surface area contributed by atoms with Crippen molar-refractivity contribution in [2.45, 2.75) is 57.7 Å². The summed E-state index contributed by atoms with van der Waals surface area (Å²) in [5.74, 6) is 0.0227. The van der Waals surface area contributed by atoms with Crippen molar-refractivity contribution >= 4 is 43.5 Å². The number of hydrogen-bond acceptors (Lipinski definition) is 5. The molecule has 3 rings (SSSR count). The van der Waals surface area contributed by atoms with Crippen LogP contribution < -0.4 is 14.4 Å². The molecule has 1 fully saturated rings. The third-order valence-corrected chi connectivity index (χ3v) is 8.06. The van der Waals surface area contributed by atoms with Crippen LogP contribution in [-0.4, -0.2) is 57.1 Å². The fourth-order valence-corrected chi connectivity index (χ4v) is 5.55. The number of carbonyl (C=O) groups is 2. The summed E-state index contributed by atoms with van der Waals surface area (Å²) in [7, 11) is -2.18. The van der Waals surface area contributed by atoms with Crippen molar-refractivity contribution in [3.8, 4) is 5.75 Å². The molecule has 1 saturated carbocycles. The zero-order valence-corrected chi connectivity index (χ0v) is 23.3. The molecular formula is C26H34BrN3O5S. The molecule has 1 aliphatic rings. The lowest BCUT2D eigenvalue weighted by Gasteiger charge is -2.33. The molecule has 2 amide bonds. The summed E-state index contributed by atoms with van der Waals surface area (Å²) in [6, 6.07) is 13.4. The van der Waals surface area contributed by atoms with Crippen molar-refractivity contribution in [1.29, 1.82) is 0 Å². The lowest BCUT2D eigenvalue weighted by atomic mass is 10.1. The first-order valence-corrected chi connectivity index (χ1v) is 14.7. The fourth-order valence-electron chi connectivity index (χ4n) is 4.44. The van der Waals surface area contributed by atoms with Crippen LogP contribution >= 0.6 is 15.9 Å². The van der Waals surface area contributed by atoms with Crippen LogP contribution in [0.3, 0.4) is 0 Å². The SMILES string of the molecule is CCC(C(=O)NC1CCCC1)N(Cc1ccc(OC)cc1)C(=O)CN(c1ccc(Br)cc1)S(C)(=O)=O. The second-order valence-electron chi connectivity index (χ2n) is 9.03.